The molecule has 2 heterocycles. The lowest BCUT2D eigenvalue weighted by Crippen LogP contribution is -2.50. The molecular formula is C17H16F3N3O3. The van der Waals surface area contributed by atoms with Crippen LogP contribution in [0.5, 0.6) is 0 Å². The molecule has 1 aliphatic rings. The SMILES string of the molecule is Cc1cc(C(=O)N2CCN(C(=O)c3ccc(C(F)(F)F)cc3)CC2)no1. The molecule has 6 nitrogen and oxygen atoms in total. The van der Waals surface area contributed by atoms with Crippen LogP contribution in [0.2, 0.25) is 0 Å². The molecule has 1 aromatic carbocycles. The first kappa shape index (κ1) is 18.0. The summed E-state index contributed by atoms with van der Waals surface area (Å²) in [6.07, 6.45) is -4.44. The first-order valence-corrected chi connectivity index (χ1v) is 7.95. The van der Waals surface area contributed by atoms with Crippen LogP contribution in [-0.4, -0.2) is 52.9 Å². The average molecular weight is 367 g/mol. The summed E-state index contributed by atoms with van der Waals surface area (Å²) in [7, 11) is 0. The predicted molar refractivity (Wildman–Crippen MR) is 84.5 cm³/mol. The molecule has 0 radical (unpaired) electrons. The maximum Gasteiger partial charge on any atom is 0.416 e. The molecule has 0 spiro atoms. The van der Waals surface area contributed by atoms with E-state index in [2.05, 4.69) is 5.16 Å². The predicted octanol–water partition coefficient (Wildman–Crippen LogP) is 2.60. The minimum Gasteiger partial charge on any atom is -0.361 e. The van der Waals surface area contributed by atoms with E-state index in [-0.39, 0.29) is 23.1 Å². The van der Waals surface area contributed by atoms with Crippen molar-refractivity contribution in [3.8, 4) is 0 Å². The Morgan fingerprint density at radius 3 is 2.00 bits per heavy atom. The van der Waals surface area contributed by atoms with Gasteiger partial charge in [0.1, 0.15) is 5.76 Å². The molecule has 0 bridgehead atoms. The van der Waals surface area contributed by atoms with Crippen molar-refractivity contribution in [1.29, 1.82) is 0 Å². The maximum atomic E-state index is 12.6. The Hall–Kier alpha value is -2.84. The third-order valence-corrected chi connectivity index (χ3v) is 4.16. The number of carbonyl (C=O) groups is 2. The van der Waals surface area contributed by atoms with Crippen LogP contribution in [0.4, 0.5) is 13.2 Å². The number of hydrogen-bond donors (Lipinski definition) is 0. The normalized spacial score (nSPS) is 15.2. The van der Waals surface area contributed by atoms with Gasteiger partial charge in [-0.1, -0.05) is 5.16 Å². The first-order chi connectivity index (χ1) is 12.3. The summed E-state index contributed by atoms with van der Waals surface area (Å²) >= 11 is 0. The minimum atomic E-state index is -4.44. The van der Waals surface area contributed by atoms with Gasteiger partial charge in [-0.15, -0.1) is 0 Å². The quantitative estimate of drug-likeness (QED) is 0.818. The number of amides is 2. The van der Waals surface area contributed by atoms with Crippen molar-refractivity contribution in [2.75, 3.05) is 26.2 Å². The largest absolute Gasteiger partial charge is 0.416 e. The Labute approximate surface area is 147 Å². The lowest BCUT2D eigenvalue weighted by Gasteiger charge is -2.34. The van der Waals surface area contributed by atoms with Crippen LogP contribution in [-0.2, 0) is 6.18 Å². The zero-order valence-electron chi connectivity index (χ0n) is 13.9. The Bertz CT molecular complexity index is 807. The van der Waals surface area contributed by atoms with E-state index < -0.39 is 11.7 Å². The van der Waals surface area contributed by atoms with Crippen molar-refractivity contribution >= 4 is 11.8 Å². The summed E-state index contributed by atoms with van der Waals surface area (Å²) in [5, 5.41) is 3.68. The highest BCUT2D eigenvalue weighted by molar-refractivity contribution is 5.95. The molecule has 26 heavy (non-hydrogen) atoms. The van der Waals surface area contributed by atoms with Crippen LogP contribution >= 0.6 is 0 Å². The highest BCUT2D eigenvalue weighted by Gasteiger charge is 2.31. The van der Waals surface area contributed by atoms with Crippen molar-refractivity contribution in [3.63, 3.8) is 0 Å². The topological polar surface area (TPSA) is 66.7 Å². The zero-order chi connectivity index (χ0) is 18.9. The molecule has 0 atom stereocenters. The van der Waals surface area contributed by atoms with Crippen molar-refractivity contribution in [2.24, 2.45) is 0 Å². The highest BCUT2D eigenvalue weighted by Crippen LogP contribution is 2.29. The fraction of sp³-hybridized carbons (Fsp3) is 0.353. The van der Waals surface area contributed by atoms with E-state index in [1.807, 2.05) is 0 Å². The molecule has 0 N–H and O–H groups in total. The molecule has 138 valence electrons. The van der Waals surface area contributed by atoms with Crippen molar-refractivity contribution in [2.45, 2.75) is 13.1 Å². The van der Waals surface area contributed by atoms with Gasteiger partial charge < -0.3 is 14.3 Å². The number of alkyl halides is 3. The molecule has 2 amide bonds. The fourth-order valence-corrected chi connectivity index (χ4v) is 2.73. The van der Waals surface area contributed by atoms with E-state index in [0.717, 1.165) is 12.1 Å². The van der Waals surface area contributed by atoms with Gasteiger partial charge in [0.05, 0.1) is 5.56 Å². The Morgan fingerprint density at radius 1 is 1.00 bits per heavy atom. The second kappa shape index (κ2) is 6.81. The Morgan fingerprint density at radius 2 is 1.54 bits per heavy atom. The smallest absolute Gasteiger partial charge is 0.361 e. The number of hydrogen-bond acceptors (Lipinski definition) is 4. The third-order valence-electron chi connectivity index (χ3n) is 4.16. The van der Waals surface area contributed by atoms with Gasteiger partial charge in [-0.25, -0.2) is 0 Å². The van der Waals surface area contributed by atoms with Crippen molar-refractivity contribution in [1.82, 2.24) is 15.0 Å². The molecule has 1 aliphatic heterocycles. The lowest BCUT2D eigenvalue weighted by atomic mass is 10.1. The van der Waals surface area contributed by atoms with Gasteiger partial charge >= 0.3 is 6.18 Å². The van der Waals surface area contributed by atoms with E-state index in [4.69, 9.17) is 4.52 Å². The first-order valence-electron chi connectivity index (χ1n) is 7.95. The third kappa shape index (κ3) is 3.71. The summed E-state index contributed by atoms with van der Waals surface area (Å²) in [6.45, 7) is 2.91. The van der Waals surface area contributed by atoms with Crippen LogP contribution in [0.3, 0.4) is 0 Å². The Kier molecular flexibility index (Phi) is 4.71. The van der Waals surface area contributed by atoms with Gasteiger partial charge in [0.2, 0.25) is 0 Å². The lowest BCUT2D eigenvalue weighted by molar-refractivity contribution is -0.137. The number of nitrogens with zero attached hydrogens (tertiary/aromatic N) is 3. The van der Waals surface area contributed by atoms with Gasteiger partial charge in [-0.3, -0.25) is 9.59 Å². The minimum absolute atomic E-state index is 0.185. The monoisotopic (exact) mass is 367 g/mol. The van der Waals surface area contributed by atoms with Crippen LogP contribution in [0, 0.1) is 6.92 Å². The molecule has 0 saturated carbocycles. The summed E-state index contributed by atoms with van der Waals surface area (Å²) in [5.41, 5.74) is -0.401. The number of benzene rings is 1. The van der Waals surface area contributed by atoms with Gasteiger partial charge in [-0.2, -0.15) is 13.2 Å². The van der Waals surface area contributed by atoms with Crippen molar-refractivity contribution in [3.05, 3.63) is 52.9 Å². The number of aromatic nitrogens is 1. The van der Waals surface area contributed by atoms with Crippen LogP contribution in [0.15, 0.2) is 34.9 Å². The van der Waals surface area contributed by atoms with E-state index >= 15 is 0 Å². The van der Waals surface area contributed by atoms with Gasteiger partial charge in [0.15, 0.2) is 5.69 Å². The zero-order valence-corrected chi connectivity index (χ0v) is 13.9. The number of aryl methyl sites for hydroxylation is 1. The van der Waals surface area contributed by atoms with E-state index in [0.29, 0.717) is 31.9 Å². The molecular weight excluding hydrogens is 351 g/mol. The van der Waals surface area contributed by atoms with E-state index in [9.17, 15) is 22.8 Å². The van der Waals surface area contributed by atoms with Gasteiger partial charge in [0.25, 0.3) is 11.8 Å². The summed E-state index contributed by atoms with van der Waals surface area (Å²) in [4.78, 5) is 27.8. The molecule has 0 unspecified atom stereocenters. The number of carbonyl (C=O) groups excluding carboxylic acids is 2. The van der Waals surface area contributed by atoms with Crippen molar-refractivity contribution < 1.29 is 27.3 Å². The molecule has 2 aromatic rings. The van der Waals surface area contributed by atoms with E-state index in [1.54, 1.807) is 17.9 Å². The fourth-order valence-electron chi connectivity index (χ4n) is 2.73. The summed E-state index contributed by atoms with van der Waals surface area (Å²) in [5.74, 6) is -0.101. The second-order valence-electron chi connectivity index (χ2n) is 5.98. The number of piperazine rings is 1. The number of halogens is 3. The number of rotatable bonds is 2. The standard InChI is InChI=1S/C17H16F3N3O3/c1-11-10-14(21-26-11)16(25)23-8-6-22(7-9-23)15(24)12-2-4-13(5-3-12)17(18,19)20/h2-5,10H,6-9H2,1H3. The van der Waals surface area contributed by atoms with Crippen LogP contribution in [0.1, 0.15) is 32.2 Å². The molecule has 1 saturated heterocycles. The van der Waals surface area contributed by atoms with Gasteiger partial charge in [-0.05, 0) is 31.2 Å². The van der Waals surface area contributed by atoms with E-state index in [1.165, 1.54) is 17.0 Å². The maximum absolute atomic E-state index is 12.6. The highest BCUT2D eigenvalue weighted by atomic mass is 19.4. The molecule has 1 fully saturated rings. The molecule has 0 aliphatic carbocycles. The van der Waals surface area contributed by atoms with Gasteiger partial charge in [0, 0.05) is 37.8 Å². The molecule has 3 rings (SSSR count). The van der Waals surface area contributed by atoms with Crippen LogP contribution in [0.25, 0.3) is 0 Å². The molecule has 1 aromatic heterocycles. The molecule has 9 heteroatoms. The van der Waals surface area contributed by atoms with Crippen LogP contribution < -0.4 is 0 Å². The Balaban J connectivity index is 1.61. The summed E-state index contributed by atoms with van der Waals surface area (Å²) < 4.78 is 42.7. The summed E-state index contributed by atoms with van der Waals surface area (Å²) in [6, 6.07) is 5.66. The second-order valence-corrected chi connectivity index (χ2v) is 5.98. The average Bonchev–Trinajstić information content (AvgIpc) is 3.06.